The van der Waals surface area contributed by atoms with Crippen molar-refractivity contribution in [1.29, 1.82) is 0 Å². The largest absolute Gasteiger partial charge is 0.449 e. The van der Waals surface area contributed by atoms with Gasteiger partial charge in [0.05, 0.1) is 23.3 Å². The van der Waals surface area contributed by atoms with Crippen molar-refractivity contribution in [2.45, 2.75) is 20.5 Å². The first-order chi connectivity index (χ1) is 22.8. The summed E-state index contributed by atoms with van der Waals surface area (Å²) in [5, 5.41) is 11.0. The van der Waals surface area contributed by atoms with Gasteiger partial charge in [0, 0.05) is 58.4 Å². The molecule has 4 aromatic carbocycles. The van der Waals surface area contributed by atoms with E-state index in [1.807, 2.05) is 86.6 Å². The fourth-order valence-corrected chi connectivity index (χ4v) is 5.48. The third-order valence-electron chi connectivity index (χ3n) is 7.20. The summed E-state index contributed by atoms with van der Waals surface area (Å²) in [6.45, 7) is 5.50. The van der Waals surface area contributed by atoms with Crippen molar-refractivity contribution in [2.24, 2.45) is 5.92 Å². The van der Waals surface area contributed by atoms with E-state index >= 15 is 0 Å². The zero-order valence-corrected chi connectivity index (χ0v) is 27.8. The summed E-state index contributed by atoms with van der Waals surface area (Å²) < 4.78 is 10.9. The van der Waals surface area contributed by atoms with E-state index in [0.29, 0.717) is 47.5 Å². The summed E-state index contributed by atoms with van der Waals surface area (Å²) >= 11 is 11.9. The van der Waals surface area contributed by atoms with Gasteiger partial charge in [-0.1, -0.05) is 50.2 Å². The fraction of sp³-hybridized carbons (Fsp3) is 0.250. The van der Waals surface area contributed by atoms with Crippen molar-refractivity contribution < 1.29 is 19.1 Å². The highest BCUT2D eigenvalue weighted by Crippen LogP contribution is 2.34. The highest BCUT2D eigenvalue weighted by atomic mass is 35.5. The van der Waals surface area contributed by atoms with Gasteiger partial charge in [-0.05, 0) is 66.1 Å². The molecular formula is C36H37Cl2N5O4. The second kappa shape index (κ2) is 16.2. The lowest BCUT2D eigenvalue weighted by Crippen LogP contribution is -2.27. The number of carbonyl (C=O) groups excluding carboxylic acids is 2. The monoisotopic (exact) mass is 673 g/mol. The van der Waals surface area contributed by atoms with Crippen LogP contribution in [-0.2, 0) is 16.1 Å². The predicted molar refractivity (Wildman–Crippen MR) is 193 cm³/mol. The number of aromatic nitrogens is 1. The smallest absolute Gasteiger partial charge is 0.411 e. The molecule has 0 fully saturated rings. The van der Waals surface area contributed by atoms with Crippen LogP contribution >= 0.6 is 23.2 Å². The van der Waals surface area contributed by atoms with Gasteiger partial charge in [0.2, 0.25) is 0 Å². The number of carbonyl (C=O) groups is 2. The van der Waals surface area contributed by atoms with E-state index < -0.39 is 12.2 Å². The first-order valence-electron chi connectivity index (χ1n) is 15.4. The molecule has 0 bridgehead atoms. The van der Waals surface area contributed by atoms with Crippen LogP contribution in [0, 0.1) is 5.92 Å². The van der Waals surface area contributed by atoms with Crippen LogP contribution in [0.25, 0.3) is 21.8 Å². The van der Waals surface area contributed by atoms with Gasteiger partial charge in [0.1, 0.15) is 6.61 Å². The summed E-state index contributed by atoms with van der Waals surface area (Å²) in [7, 11) is 0. The highest BCUT2D eigenvalue weighted by Gasteiger charge is 2.14. The number of nitrogens with one attached hydrogen (secondary N) is 3. The number of rotatable bonds is 13. The van der Waals surface area contributed by atoms with E-state index in [1.165, 1.54) is 0 Å². The first-order valence-corrected chi connectivity index (χ1v) is 16.4. The highest BCUT2D eigenvalue weighted by molar-refractivity contribution is 6.18. The number of benzene rings is 4. The summed E-state index contributed by atoms with van der Waals surface area (Å²) in [5.74, 6) is 1.15. The molecule has 244 valence electrons. The molecule has 47 heavy (non-hydrogen) atoms. The average Bonchev–Trinajstić information content (AvgIpc) is 3.06. The van der Waals surface area contributed by atoms with Gasteiger partial charge in [-0.2, -0.15) is 0 Å². The van der Waals surface area contributed by atoms with Crippen molar-refractivity contribution in [2.75, 3.05) is 52.3 Å². The third-order valence-corrected chi connectivity index (χ3v) is 7.54. The van der Waals surface area contributed by atoms with Crippen LogP contribution in [0.2, 0.25) is 0 Å². The molecule has 0 aliphatic carbocycles. The van der Waals surface area contributed by atoms with Crippen LogP contribution < -0.4 is 20.9 Å². The molecule has 0 aliphatic rings. The minimum Gasteiger partial charge on any atom is -0.449 e. The number of pyridine rings is 1. The summed E-state index contributed by atoms with van der Waals surface area (Å²) in [4.78, 5) is 32.3. The van der Waals surface area contributed by atoms with Gasteiger partial charge in [-0.3, -0.25) is 10.6 Å². The number of alkyl halides is 2. The zero-order chi connectivity index (χ0) is 33.2. The Bertz CT molecular complexity index is 1770. The number of hydrogen-bond acceptors (Lipinski definition) is 7. The van der Waals surface area contributed by atoms with E-state index in [9.17, 15) is 9.59 Å². The predicted octanol–water partition coefficient (Wildman–Crippen LogP) is 9.37. The molecule has 9 nitrogen and oxygen atoms in total. The fourth-order valence-electron chi connectivity index (χ4n) is 5.07. The number of nitrogens with zero attached hydrogens (tertiary/aromatic N) is 2. The lowest BCUT2D eigenvalue weighted by Gasteiger charge is -2.23. The second-order valence-corrected chi connectivity index (χ2v) is 12.1. The molecule has 11 heteroatoms. The maximum Gasteiger partial charge on any atom is 0.411 e. The molecule has 1 aromatic heterocycles. The van der Waals surface area contributed by atoms with E-state index in [-0.39, 0.29) is 19.1 Å². The minimum absolute atomic E-state index is 0.0494. The van der Waals surface area contributed by atoms with E-state index in [1.54, 1.807) is 18.2 Å². The third kappa shape index (κ3) is 9.18. The Kier molecular flexibility index (Phi) is 11.6. The van der Waals surface area contributed by atoms with Crippen molar-refractivity contribution in [1.82, 2.24) is 4.98 Å². The Morgan fingerprint density at radius 2 is 1.32 bits per heavy atom. The second-order valence-electron chi connectivity index (χ2n) is 11.3. The number of fused-ring (bicyclic) bond motifs is 2. The number of ether oxygens (including phenoxy) is 2. The molecule has 5 aromatic rings. The maximum absolute atomic E-state index is 12.8. The first kappa shape index (κ1) is 33.6. The number of anilines is 5. The lowest BCUT2D eigenvalue weighted by molar-refractivity contribution is 0.147. The standard InChI is InChI=1S/C36H37Cl2N5O4/c1-24(2)22-46-36(45)41-28-20-25(23-47-35(44)40-26-11-13-29(14-12-26)43(17-15-37)18-16-38)19-27(21-28)39-34-30-7-3-5-9-32(30)42-33-10-6-4-8-31(33)34/h3-14,19-21,24H,15-18,22-23H2,1-2H3,(H,39,42)(H,40,44)(H,41,45). The molecule has 0 unspecified atom stereocenters. The van der Waals surface area contributed by atoms with Gasteiger partial charge in [-0.25, -0.2) is 14.6 Å². The molecule has 0 radical (unpaired) electrons. The SMILES string of the molecule is CC(C)COC(=O)Nc1cc(COC(=O)Nc2ccc(N(CCCl)CCCl)cc2)cc(Nc2c3ccccc3nc3ccccc23)c1. The van der Waals surface area contributed by atoms with Gasteiger partial charge in [0.15, 0.2) is 0 Å². The van der Waals surface area contributed by atoms with Crippen molar-refractivity contribution in [3.05, 3.63) is 96.6 Å². The summed E-state index contributed by atoms with van der Waals surface area (Å²) in [5.41, 5.74) is 5.92. The number of hydrogen-bond donors (Lipinski definition) is 3. The Hall–Kier alpha value is -4.73. The van der Waals surface area contributed by atoms with Gasteiger partial charge in [-0.15, -0.1) is 23.2 Å². The van der Waals surface area contributed by atoms with E-state index in [0.717, 1.165) is 33.2 Å². The topological polar surface area (TPSA) is 105 Å². The molecular weight excluding hydrogens is 637 g/mol. The quantitative estimate of drug-likeness (QED) is 0.0845. The Labute approximate surface area is 284 Å². The molecule has 0 aliphatic heterocycles. The molecule has 0 atom stereocenters. The Morgan fingerprint density at radius 3 is 1.94 bits per heavy atom. The Morgan fingerprint density at radius 1 is 0.745 bits per heavy atom. The van der Waals surface area contributed by atoms with Crippen LogP contribution in [0.5, 0.6) is 0 Å². The van der Waals surface area contributed by atoms with Crippen LogP contribution in [0.1, 0.15) is 19.4 Å². The zero-order valence-electron chi connectivity index (χ0n) is 26.3. The molecule has 0 spiro atoms. The number of amides is 2. The minimum atomic E-state index is -0.619. The summed E-state index contributed by atoms with van der Waals surface area (Å²) in [6.07, 6.45) is -1.19. The number of para-hydroxylation sites is 2. The Balaban J connectivity index is 1.36. The van der Waals surface area contributed by atoms with E-state index in [2.05, 4.69) is 20.9 Å². The molecule has 2 amide bonds. The summed E-state index contributed by atoms with van der Waals surface area (Å²) in [6, 6.07) is 28.6. The molecule has 3 N–H and O–H groups in total. The van der Waals surface area contributed by atoms with Crippen LogP contribution in [0.15, 0.2) is 91.0 Å². The van der Waals surface area contributed by atoms with E-state index in [4.69, 9.17) is 37.7 Å². The molecule has 0 saturated heterocycles. The van der Waals surface area contributed by atoms with Gasteiger partial charge < -0.3 is 19.7 Å². The van der Waals surface area contributed by atoms with Gasteiger partial charge >= 0.3 is 12.2 Å². The van der Waals surface area contributed by atoms with Crippen LogP contribution in [0.4, 0.5) is 38.0 Å². The van der Waals surface area contributed by atoms with Crippen molar-refractivity contribution in [3.63, 3.8) is 0 Å². The normalized spacial score (nSPS) is 11.0. The lowest BCUT2D eigenvalue weighted by atomic mass is 10.1. The van der Waals surface area contributed by atoms with Crippen molar-refractivity contribution in [3.8, 4) is 0 Å². The maximum atomic E-state index is 12.8. The number of halogens is 2. The molecule has 0 saturated carbocycles. The van der Waals surface area contributed by atoms with Gasteiger partial charge in [0.25, 0.3) is 0 Å². The molecule has 5 rings (SSSR count). The molecule has 1 heterocycles. The van der Waals surface area contributed by atoms with Crippen LogP contribution in [0.3, 0.4) is 0 Å². The van der Waals surface area contributed by atoms with Crippen LogP contribution in [-0.4, -0.2) is 48.6 Å². The van der Waals surface area contributed by atoms with Crippen molar-refractivity contribution >= 4 is 85.6 Å². The average molecular weight is 675 g/mol.